The van der Waals surface area contributed by atoms with E-state index in [1.54, 1.807) is 0 Å². The molecule has 0 saturated heterocycles. The number of fused-ring (bicyclic) bond motifs is 5. The number of nitrogens with two attached hydrogens (primary N) is 1. The Morgan fingerprint density at radius 2 is 1.86 bits per heavy atom. The minimum atomic E-state index is -0.207. The number of thioether (sulfide) groups is 1. The third-order valence-corrected chi connectivity index (χ3v) is 10.0. The highest BCUT2D eigenvalue weighted by Crippen LogP contribution is 2.64. The number of Topliss-reactive ketones (excluding diaryl/α,β-unsaturated/α-hetero) is 1. The van der Waals surface area contributed by atoms with Gasteiger partial charge in [-0.15, -0.1) is 11.8 Å². The molecular formula is C25H31NO2S. The molecule has 4 aliphatic rings. The summed E-state index contributed by atoms with van der Waals surface area (Å²) in [7, 11) is 0. The Labute approximate surface area is 177 Å². The van der Waals surface area contributed by atoms with Crippen LogP contribution in [0.25, 0.3) is 0 Å². The van der Waals surface area contributed by atoms with Crippen LogP contribution in [-0.4, -0.2) is 23.4 Å². The molecule has 0 amide bonds. The standard InChI is InChI=1S/C25H31NO2S/c1-24-11-9-17(27)13-16(24)14-21(26)23-19(24)10-12-25(20(23)7-8-22(25)28)15-29-18-5-3-2-4-6-18/h2-6,13,19-21,23H,7-12,14-15,26H2,1H3/t19-,20-,21?,23+,24-,25+/m0/s1. The summed E-state index contributed by atoms with van der Waals surface area (Å²) in [6, 6.07) is 10.5. The molecule has 4 aliphatic carbocycles. The van der Waals surface area contributed by atoms with Crippen LogP contribution in [0.15, 0.2) is 46.9 Å². The lowest BCUT2D eigenvalue weighted by atomic mass is 9.46. The van der Waals surface area contributed by atoms with Gasteiger partial charge in [-0.1, -0.05) is 30.7 Å². The fraction of sp³-hybridized carbons (Fsp3) is 0.600. The van der Waals surface area contributed by atoms with Crippen LogP contribution in [0.5, 0.6) is 0 Å². The molecule has 0 bridgehead atoms. The monoisotopic (exact) mass is 409 g/mol. The largest absolute Gasteiger partial charge is 0.327 e. The summed E-state index contributed by atoms with van der Waals surface area (Å²) in [6.07, 6.45) is 8.13. The van der Waals surface area contributed by atoms with Crippen molar-refractivity contribution in [1.29, 1.82) is 0 Å². The van der Waals surface area contributed by atoms with Gasteiger partial charge in [0, 0.05) is 34.9 Å². The van der Waals surface area contributed by atoms with Gasteiger partial charge in [-0.05, 0) is 73.5 Å². The third kappa shape index (κ3) is 2.97. The van der Waals surface area contributed by atoms with E-state index in [0.29, 0.717) is 36.4 Å². The van der Waals surface area contributed by atoms with Gasteiger partial charge >= 0.3 is 0 Å². The molecule has 2 N–H and O–H groups in total. The second-order valence-corrected chi connectivity index (χ2v) is 11.0. The Bertz CT molecular complexity index is 865. The first-order chi connectivity index (χ1) is 13.9. The number of hydrogen-bond donors (Lipinski definition) is 1. The van der Waals surface area contributed by atoms with Crippen molar-refractivity contribution in [2.75, 3.05) is 5.75 Å². The van der Waals surface area contributed by atoms with Gasteiger partial charge < -0.3 is 5.73 Å². The molecule has 29 heavy (non-hydrogen) atoms. The zero-order valence-electron chi connectivity index (χ0n) is 17.2. The first-order valence-corrected chi connectivity index (χ1v) is 12.1. The topological polar surface area (TPSA) is 60.2 Å². The molecule has 3 saturated carbocycles. The number of benzene rings is 1. The highest BCUT2D eigenvalue weighted by atomic mass is 32.2. The molecule has 3 fully saturated rings. The maximum Gasteiger partial charge on any atom is 0.155 e. The molecule has 0 heterocycles. The van der Waals surface area contributed by atoms with Crippen LogP contribution in [0, 0.1) is 28.6 Å². The molecule has 4 heteroatoms. The fourth-order valence-electron chi connectivity index (χ4n) is 7.20. The van der Waals surface area contributed by atoms with E-state index in [0.717, 1.165) is 37.9 Å². The van der Waals surface area contributed by atoms with E-state index in [-0.39, 0.29) is 22.7 Å². The summed E-state index contributed by atoms with van der Waals surface area (Å²) in [5, 5.41) is 0. The zero-order valence-corrected chi connectivity index (χ0v) is 18.0. The fourth-order valence-corrected chi connectivity index (χ4v) is 8.49. The van der Waals surface area contributed by atoms with Crippen LogP contribution < -0.4 is 5.73 Å². The molecule has 0 aromatic heterocycles. The highest BCUT2D eigenvalue weighted by Gasteiger charge is 2.62. The summed E-state index contributed by atoms with van der Waals surface area (Å²) in [5.74, 6) is 2.94. The number of rotatable bonds is 3. The number of ketones is 2. The van der Waals surface area contributed by atoms with E-state index >= 15 is 0 Å². The molecule has 154 valence electrons. The van der Waals surface area contributed by atoms with Crippen molar-refractivity contribution < 1.29 is 9.59 Å². The molecule has 1 aromatic carbocycles. The average Bonchev–Trinajstić information content (AvgIpc) is 3.05. The minimum Gasteiger partial charge on any atom is -0.327 e. The molecule has 0 radical (unpaired) electrons. The van der Waals surface area contributed by atoms with Gasteiger partial charge in [0.05, 0.1) is 0 Å². The van der Waals surface area contributed by atoms with Gasteiger partial charge in [0.25, 0.3) is 0 Å². The predicted molar refractivity (Wildman–Crippen MR) is 117 cm³/mol. The smallest absolute Gasteiger partial charge is 0.155 e. The quantitative estimate of drug-likeness (QED) is 0.729. The van der Waals surface area contributed by atoms with Gasteiger partial charge in [-0.3, -0.25) is 9.59 Å². The molecule has 6 atom stereocenters. The molecule has 5 rings (SSSR count). The maximum absolute atomic E-state index is 13.2. The van der Waals surface area contributed by atoms with Gasteiger partial charge in [-0.25, -0.2) is 0 Å². The summed E-state index contributed by atoms with van der Waals surface area (Å²) in [5.41, 5.74) is 7.98. The summed E-state index contributed by atoms with van der Waals surface area (Å²) in [6.45, 7) is 2.37. The Balaban J connectivity index is 1.46. The maximum atomic E-state index is 13.2. The van der Waals surface area contributed by atoms with Crippen LogP contribution in [0.1, 0.15) is 51.9 Å². The number of hydrogen-bond acceptors (Lipinski definition) is 4. The average molecular weight is 410 g/mol. The number of carbonyl (C=O) groups excluding carboxylic acids is 2. The second kappa shape index (κ2) is 7.09. The molecule has 3 nitrogen and oxygen atoms in total. The molecule has 1 unspecified atom stereocenters. The van der Waals surface area contributed by atoms with Crippen molar-refractivity contribution in [3.05, 3.63) is 42.0 Å². The van der Waals surface area contributed by atoms with E-state index in [2.05, 4.69) is 31.2 Å². The first-order valence-electron chi connectivity index (χ1n) is 11.1. The van der Waals surface area contributed by atoms with Crippen molar-refractivity contribution in [2.24, 2.45) is 34.3 Å². The SMILES string of the molecule is C[C@]12CCC(=O)C=C1CC(N)[C@H]1[C@@H]3CCC(=O)[C@@]3(CSc3ccccc3)CC[C@@H]12. The van der Waals surface area contributed by atoms with Crippen LogP contribution in [0.3, 0.4) is 0 Å². The lowest BCUT2D eigenvalue weighted by Gasteiger charge is -2.59. The lowest BCUT2D eigenvalue weighted by molar-refractivity contribution is -0.132. The van der Waals surface area contributed by atoms with Crippen molar-refractivity contribution in [3.63, 3.8) is 0 Å². The first kappa shape index (κ1) is 19.6. The van der Waals surface area contributed by atoms with Crippen LogP contribution in [0.4, 0.5) is 0 Å². The Hall–Kier alpha value is -1.39. The van der Waals surface area contributed by atoms with Crippen LogP contribution in [-0.2, 0) is 9.59 Å². The van der Waals surface area contributed by atoms with E-state index in [1.165, 1.54) is 10.5 Å². The van der Waals surface area contributed by atoms with E-state index < -0.39 is 0 Å². The number of carbonyl (C=O) groups is 2. The summed E-state index contributed by atoms with van der Waals surface area (Å²) >= 11 is 1.84. The molecular weight excluding hydrogens is 378 g/mol. The van der Waals surface area contributed by atoms with Crippen molar-refractivity contribution in [3.8, 4) is 0 Å². The van der Waals surface area contributed by atoms with Gasteiger partial charge in [-0.2, -0.15) is 0 Å². The molecule has 0 spiro atoms. The minimum absolute atomic E-state index is 0.0718. The third-order valence-electron chi connectivity index (χ3n) is 8.75. The Kier molecular flexibility index (Phi) is 4.78. The van der Waals surface area contributed by atoms with Crippen LogP contribution >= 0.6 is 11.8 Å². The van der Waals surface area contributed by atoms with Crippen molar-refractivity contribution >= 4 is 23.3 Å². The summed E-state index contributed by atoms with van der Waals surface area (Å²) in [4.78, 5) is 26.5. The van der Waals surface area contributed by atoms with Crippen molar-refractivity contribution in [1.82, 2.24) is 0 Å². The highest BCUT2D eigenvalue weighted by molar-refractivity contribution is 7.99. The van der Waals surface area contributed by atoms with E-state index in [4.69, 9.17) is 5.73 Å². The van der Waals surface area contributed by atoms with E-state index in [9.17, 15) is 9.59 Å². The Morgan fingerprint density at radius 1 is 1.07 bits per heavy atom. The Morgan fingerprint density at radius 3 is 2.66 bits per heavy atom. The second-order valence-electron chi connectivity index (χ2n) is 9.97. The van der Waals surface area contributed by atoms with E-state index in [1.807, 2.05) is 23.9 Å². The molecule has 1 aromatic rings. The van der Waals surface area contributed by atoms with Crippen molar-refractivity contribution in [2.45, 2.75) is 62.8 Å². The normalized spacial score (nSPS) is 41.4. The predicted octanol–water partition coefficient (Wildman–Crippen LogP) is 4.80. The summed E-state index contributed by atoms with van der Waals surface area (Å²) < 4.78 is 0. The van der Waals surface area contributed by atoms with Crippen LogP contribution in [0.2, 0.25) is 0 Å². The lowest BCUT2D eigenvalue weighted by Crippen LogP contribution is -2.58. The zero-order chi connectivity index (χ0) is 20.2. The molecule has 0 aliphatic heterocycles. The van der Waals surface area contributed by atoms with Gasteiger partial charge in [0.2, 0.25) is 0 Å². The van der Waals surface area contributed by atoms with Gasteiger partial charge in [0.15, 0.2) is 5.78 Å². The van der Waals surface area contributed by atoms with Gasteiger partial charge in [0.1, 0.15) is 5.78 Å².